The van der Waals surface area contributed by atoms with E-state index in [4.69, 9.17) is 5.11 Å². The largest absolute Gasteiger partial charge is 0.395 e. The first-order chi connectivity index (χ1) is 9.42. The smallest absolute Gasteiger partial charge is 0.317 e. The Balaban J connectivity index is 2.68. The second-order valence-electron chi connectivity index (χ2n) is 5.66. The van der Waals surface area contributed by atoms with Crippen molar-refractivity contribution in [1.29, 1.82) is 0 Å². The number of nitrogens with zero attached hydrogens (tertiary/aromatic N) is 1. The number of amides is 2. The third-order valence-corrected chi connectivity index (χ3v) is 3.59. The van der Waals surface area contributed by atoms with Gasteiger partial charge in [-0.2, -0.15) is 0 Å². The number of hydrogen-bond donors (Lipinski definition) is 2. The summed E-state index contributed by atoms with van der Waals surface area (Å²) in [5.74, 6) is 0. The standard InChI is InChI=1S/C16H26N2O2/c1-5-18(10-11-19)15(20)17-12-16(3,4)14-9-7-6-8-13(14)2/h6-9,19H,5,10-12H2,1-4H3,(H,17,20). The Morgan fingerprint density at radius 1 is 1.35 bits per heavy atom. The van der Waals surface area contributed by atoms with Gasteiger partial charge in [0.15, 0.2) is 0 Å². The van der Waals surface area contributed by atoms with Gasteiger partial charge in [0, 0.05) is 25.0 Å². The van der Waals surface area contributed by atoms with E-state index in [9.17, 15) is 4.79 Å². The zero-order valence-electron chi connectivity index (χ0n) is 12.9. The summed E-state index contributed by atoms with van der Waals surface area (Å²) >= 11 is 0. The fourth-order valence-electron chi connectivity index (χ4n) is 2.36. The van der Waals surface area contributed by atoms with E-state index in [1.807, 2.05) is 19.1 Å². The number of rotatable bonds is 6. The van der Waals surface area contributed by atoms with Crippen molar-refractivity contribution >= 4 is 6.03 Å². The van der Waals surface area contributed by atoms with Crippen molar-refractivity contribution in [2.75, 3.05) is 26.2 Å². The summed E-state index contributed by atoms with van der Waals surface area (Å²) in [5.41, 5.74) is 2.35. The molecule has 4 nitrogen and oxygen atoms in total. The number of aliphatic hydroxyl groups is 1. The zero-order valence-corrected chi connectivity index (χ0v) is 12.9. The number of nitrogens with one attached hydrogen (secondary N) is 1. The predicted molar refractivity (Wildman–Crippen MR) is 81.9 cm³/mol. The van der Waals surface area contributed by atoms with Crippen LogP contribution in [0.15, 0.2) is 24.3 Å². The fourth-order valence-corrected chi connectivity index (χ4v) is 2.36. The number of aryl methyl sites for hydroxylation is 1. The van der Waals surface area contributed by atoms with Crippen LogP contribution in [0.5, 0.6) is 0 Å². The van der Waals surface area contributed by atoms with Crippen molar-refractivity contribution in [3.05, 3.63) is 35.4 Å². The van der Waals surface area contributed by atoms with E-state index in [-0.39, 0.29) is 18.1 Å². The van der Waals surface area contributed by atoms with Gasteiger partial charge in [-0.1, -0.05) is 38.1 Å². The minimum Gasteiger partial charge on any atom is -0.395 e. The van der Waals surface area contributed by atoms with Gasteiger partial charge in [0.05, 0.1) is 6.61 Å². The normalized spacial score (nSPS) is 11.2. The van der Waals surface area contributed by atoms with Crippen LogP contribution < -0.4 is 5.32 Å². The molecule has 0 atom stereocenters. The number of hydrogen-bond acceptors (Lipinski definition) is 2. The molecule has 0 fully saturated rings. The van der Waals surface area contributed by atoms with E-state index in [1.165, 1.54) is 11.1 Å². The predicted octanol–water partition coefficient (Wildman–Crippen LogP) is 2.30. The molecule has 0 saturated heterocycles. The molecule has 0 aliphatic heterocycles. The summed E-state index contributed by atoms with van der Waals surface area (Å²) in [7, 11) is 0. The number of aliphatic hydroxyl groups excluding tert-OH is 1. The van der Waals surface area contributed by atoms with Crippen molar-refractivity contribution in [1.82, 2.24) is 10.2 Å². The first-order valence-electron chi connectivity index (χ1n) is 7.12. The van der Waals surface area contributed by atoms with Crippen molar-refractivity contribution in [2.45, 2.75) is 33.1 Å². The summed E-state index contributed by atoms with van der Waals surface area (Å²) in [4.78, 5) is 13.6. The molecule has 2 amide bonds. The van der Waals surface area contributed by atoms with Gasteiger partial charge >= 0.3 is 6.03 Å². The first kappa shape index (κ1) is 16.5. The lowest BCUT2D eigenvalue weighted by atomic mass is 9.82. The van der Waals surface area contributed by atoms with Crippen LogP contribution in [-0.2, 0) is 5.41 Å². The molecule has 0 aliphatic carbocycles. The molecular formula is C16H26N2O2. The second kappa shape index (κ2) is 7.29. The van der Waals surface area contributed by atoms with Crippen LogP contribution in [0.4, 0.5) is 4.79 Å². The van der Waals surface area contributed by atoms with Gasteiger partial charge < -0.3 is 15.3 Å². The van der Waals surface area contributed by atoms with Crippen molar-refractivity contribution in [3.63, 3.8) is 0 Å². The average Bonchev–Trinajstić information content (AvgIpc) is 2.42. The Kier molecular flexibility index (Phi) is 6.02. The number of benzene rings is 1. The van der Waals surface area contributed by atoms with Crippen LogP contribution in [0.2, 0.25) is 0 Å². The monoisotopic (exact) mass is 278 g/mol. The van der Waals surface area contributed by atoms with Crippen LogP contribution in [-0.4, -0.2) is 42.3 Å². The van der Waals surface area contributed by atoms with Gasteiger partial charge in [0.1, 0.15) is 0 Å². The highest BCUT2D eigenvalue weighted by molar-refractivity contribution is 5.74. The molecule has 0 radical (unpaired) electrons. The lowest BCUT2D eigenvalue weighted by molar-refractivity contribution is 0.178. The lowest BCUT2D eigenvalue weighted by Crippen LogP contribution is -2.45. The minimum atomic E-state index is -0.125. The molecule has 1 aromatic carbocycles. The molecular weight excluding hydrogens is 252 g/mol. The Morgan fingerprint density at radius 3 is 2.55 bits per heavy atom. The maximum Gasteiger partial charge on any atom is 0.317 e. The van der Waals surface area contributed by atoms with Crippen molar-refractivity contribution in [3.8, 4) is 0 Å². The molecule has 0 saturated carbocycles. The summed E-state index contributed by atoms with van der Waals surface area (Å²) < 4.78 is 0. The van der Waals surface area contributed by atoms with Gasteiger partial charge in [-0.15, -0.1) is 0 Å². The molecule has 0 unspecified atom stereocenters. The van der Waals surface area contributed by atoms with Crippen molar-refractivity contribution in [2.24, 2.45) is 0 Å². The van der Waals surface area contributed by atoms with Crippen LogP contribution in [0.1, 0.15) is 31.9 Å². The number of carbonyl (C=O) groups is 1. The summed E-state index contributed by atoms with van der Waals surface area (Å²) in [6, 6.07) is 8.11. The molecule has 0 aliphatic rings. The van der Waals surface area contributed by atoms with Gasteiger partial charge in [-0.05, 0) is 25.0 Å². The number of urea groups is 1. The molecule has 0 aromatic heterocycles. The van der Waals surface area contributed by atoms with Gasteiger partial charge in [0.25, 0.3) is 0 Å². The summed E-state index contributed by atoms with van der Waals surface area (Å²) in [5, 5.41) is 11.9. The first-order valence-corrected chi connectivity index (χ1v) is 7.12. The summed E-state index contributed by atoms with van der Waals surface area (Å²) in [6.07, 6.45) is 0. The van der Waals surface area contributed by atoms with Gasteiger partial charge in [-0.3, -0.25) is 0 Å². The van der Waals surface area contributed by atoms with E-state index in [0.717, 1.165) is 0 Å². The van der Waals surface area contributed by atoms with Crippen molar-refractivity contribution < 1.29 is 9.90 Å². The molecule has 2 N–H and O–H groups in total. The van der Waals surface area contributed by atoms with E-state index in [0.29, 0.717) is 19.6 Å². The fraction of sp³-hybridized carbons (Fsp3) is 0.562. The molecule has 1 aromatic rings. The molecule has 20 heavy (non-hydrogen) atoms. The Labute approximate surface area is 121 Å². The molecule has 1 rings (SSSR count). The summed E-state index contributed by atoms with van der Waals surface area (Å²) in [6.45, 7) is 9.76. The molecule has 112 valence electrons. The van der Waals surface area contributed by atoms with Crippen LogP contribution >= 0.6 is 0 Å². The molecule has 0 heterocycles. The Bertz CT molecular complexity index is 444. The molecule has 4 heteroatoms. The average molecular weight is 278 g/mol. The molecule has 0 bridgehead atoms. The van der Waals surface area contributed by atoms with Gasteiger partial charge in [0.2, 0.25) is 0 Å². The third kappa shape index (κ3) is 4.23. The van der Waals surface area contributed by atoms with Crippen LogP contribution in [0.3, 0.4) is 0 Å². The highest BCUT2D eigenvalue weighted by atomic mass is 16.3. The number of likely N-dealkylation sites (N-methyl/N-ethyl adjacent to an activating group) is 1. The SMILES string of the molecule is CCN(CCO)C(=O)NCC(C)(C)c1ccccc1C. The van der Waals surface area contributed by atoms with Gasteiger partial charge in [-0.25, -0.2) is 4.79 Å². The highest BCUT2D eigenvalue weighted by Crippen LogP contribution is 2.25. The highest BCUT2D eigenvalue weighted by Gasteiger charge is 2.23. The van der Waals surface area contributed by atoms with E-state index in [1.54, 1.807) is 4.90 Å². The topological polar surface area (TPSA) is 52.6 Å². The van der Waals surface area contributed by atoms with Crippen LogP contribution in [0.25, 0.3) is 0 Å². The lowest BCUT2D eigenvalue weighted by Gasteiger charge is -2.29. The second-order valence-corrected chi connectivity index (χ2v) is 5.66. The third-order valence-electron chi connectivity index (χ3n) is 3.59. The Hall–Kier alpha value is -1.55. The quantitative estimate of drug-likeness (QED) is 0.839. The molecule has 0 spiro atoms. The number of carbonyl (C=O) groups excluding carboxylic acids is 1. The van der Waals surface area contributed by atoms with E-state index < -0.39 is 0 Å². The Morgan fingerprint density at radius 2 is 2.00 bits per heavy atom. The van der Waals surface area contributed by atoms with E-state index in [2.05, 4.69) is 38.2 Å². The van der Waals surface area contributed by atoms with E-state index >= 15 is 0 Å². The maximum absolute atomic E-state index is 12.0. The van der Waals surface area contributed by atoms with Crippen LogP contribution in [0, 0.1) is 6.92 Å². The minimum absolute atomic E-state index is 0.0115. The maximum atomic E-state index is 12.0. The zero-order chi connectivity index (χ0) is 15.2.